The van der Waals surface area contributed by atoms with Gasteiger partial charge in [-0.1, -0.05) is 18.2 Å². The number of hydrogen-bond acceptors (Lipinski definition) is 6. The van der Waals surface area contributed by atoms with Gasteiger partial charge in [-0.3, -0.25) is 0 Å². The van der Waals surface area contributed by atoms with Crippen molar-refractivity contribution in [3.05, 3.63) is 104 Å². The van der Waals surface area contributed by atoms with E-state index in [4.69, 9.17) is 0 Å². The fourth-order valence-electron chi connectivity index (χ4n) is 5.38. The smallest absolute Gasteiger partial charge is 0.236 e. The van der Waals surface area contributed by atoms with Crippen LogP contribution in [0.2, 0.25) is 0 Å². The Balaban J connectivity index is 1.88. The van der Waals surface area contributed by atoms with Gasteiger partial charge in [0.2, 0.25) is 0 Å². The fraction of sp³-hybridized carbons (Fsp3) is 0.171. The van der Waals surface area contributed by atoms with Gasteiger partial charge in [0.05, 0.1) is 44.6 Å². The summed E-state index contributed by atoms with van der Waals surface area (Å²) in [7, 11) is 0. The van der Waals surface area contributed by atoms with Crippen molar-refractivity contribution in [1.29, 1.82) is 21.0 Å². The summed E-state index contributed by atoms with van der Waals surface area (Å²) < 4.78 is 165. The molecule has 0 N–H and O–H groups in total. The molecule has 0 spiro atoms. The second-order valence-corrected chi connectivity index (χ2v) is 12.3. The second kappa shape index (κ2) is 13.5. The molecule has 0 fully saturated rings. The SMILES string of the molecule is N#CC(C#N)=c1cc2s/c(=C3/C=CC(C(C#N)C#N)C=C3c3cc(C(F)(F)F)cc(C(F)(F)F)c3)nc2cc1-c1cc(C(F)(F)F)cc(C(F)(F)F)c1. The molecule has 0 saturated carbocycles. The highest BCUT2D eigenvalue weighted by atomic mass is 32.1. The molecule has 53 heavy (non-hydrogen) atoms. The molecule has 1 aliphatic carbocycles. The van der Waals surface area contributed by atoms with Crippen molar-refractivity contribution in [3.63, 3.8) is 0 Å². The Morgan fingerprint density at radius 2 is 1.11 bits per heavy atom. The summed E-state index contributed by atoms with van der Waals surface area (Å²) >= 11 is 0.707. The van der Waals surface area contributed by atoms with Crippen LogP contribution in [0.15, 0.2) is 66.8 Å². The predicted octanol–water partition coefficient (Wildman–Crippen LogP) is 9.32. The lowest BCUT2D eigenvalue weighted by Crippen LogP contribution is -2.15. The van der Waals surface area contributed by atoms with Crippen LogP contribution in [0.25, 0.3) is 38.1 Å². The molecule has 1 atom stereocenters. The molecular formula is C35H13F12N5S. The molecule has 1 heterocycles. The highest BCUT2D eigenvalue weighted by Crippen LogP contribution is 2.42. The highest BCUT2D eigenvalue weighted by Gasteiger charge is 2.39. The summed E-state index contributed by atoms with van der Waals surface area (Å²) in [6, 6.07) is 9.82. The summed E-state index contributed by atoms with van der Waals surface area (Å²) in [6.07, 6.45) is -17.5. The third-order valence-corrected chi connectivity index (χ3v) is 8.90. The summed E-state index contributed by atoms with van der Waals surface area (Å²) in [5.74, 6) is -2.57. The average molecular weight is 764 g/mol. The van der Waals surface area contributed by atoms with Crippen LogP contribution >= 0.6 is 11.3 Å². The number of thiazole rings is 1. The molecule has 0 bridgehead atoms. The molecule has 0 amide bonds. The maximum absolute atomic E-state index is 13.8. The van der Waals surface area contributed by atoms with E-state index in [1.54, 1.807) is 12.1 Å². The van der Waals surface area contributed by atoms with Crippen LogP contribution < -0.4 is 9.88 Å². The second-order valence-electron chi connectivity index (χ2n) is 11.2. The predicted molar refractivity (Wildman–Crippen MR) is 164 cm³/mol. The van der Waals surface area contributed by atoms with Gasteiger partial charge in [0, 0.05) is 16.7 Å². The van der Waals surface area contributed by atoms with Crippen molar-refractivity contribution in [2.75, 3.05) is 0 Å². The molecule has 268 valence electrons. The van der Waals surface area contributed by atoms with Gasteiger partial charge in [-0.15, -0.1) is 11.3 Å². The topological polar surface area (TPSA) is 108 Å². The largest absolute Gasteiger partial charge is 0.416 e. The maximum Gasteiger partial charge on any atom is 0.416 e. The third kappa shape index (κ3) is 7.74. The maximum atomic E-state index is 13.8. The molecular weight excluding hydrogens is 750 g/mol. The Bertz CT molecular complexity index is 2430. The van der Waals surface area contributed by atoms with E-state index in [-0.39, 0.29) is 38.2 Å². The normalized spacial score (nSPS) is 16.1. The molecule has 1 unspecified atom stereocenters. The van der Waals surface area contributed by atoms with Crippen LogP contribution in [0.3, 0.4) is 0 Å². The minimum Gasteiger partial charge on any atom is -0.236 e. The van der Waals surface area contributed by atoms with Crippen molar-refractivity contribution in [2.24, 2.45) is 11.8 Å². The van der Waals surface area contributed by atoms with Gasteiger partial charge < -0.3 is 0 Å². The minimum absolute atomic E-state index is 0.0547. The molecule has 5 nitrogen and oxygen atoms in total. The van der Waals surface area contributed by atoms with Crippen LogP contribution in [0.4, 0.5) is 52.7 Å². The van der Waals surface area contributed by atoms with Gasteiger partial charge in [0.15, 0.2) is 0 Å². The number of benzene rings is 3. The molecule has 1 aliphatic rings. The first-order valence-electron chi connectivity index (χ1n) is 14.4. The number of alkyl halides is 12. The fourth-order valence-corrected chi connectivity index (χ4v) is 6.41. The highest BCUT2D eigenvalue weighted by molar-refractivity contribution is 7.16. The van der Waals surface area contributed by atoms with E-state index in [0.717, 1.165) is 18.2 Å². The van der Waals surface area contributed by atoms with Crippen LogP contribution in [0.1, 0.15) is 27.8 Å². The van der Waals surface area contributed by atoms with E-state index >= 15 is 0 Å². The van der Waals surface area contributed by atoms with Gasteiger partial charge in [0.25, 0.3) is 0 Å². The zero-order valence-corrected chi connectivity index (χ0v) is 26.5. The lowest BCUT2D eigenvalue weighted by Gasteiger charge is -2.21. The zero-order chi connectivity index (χ0) is 39.3. The number of nitrogens with zero attached hydrogens (tertiary/aromatic N) is 5. The standard InChI is InChI=1S/C35H13F12N5S/c36-32(37,38)21-3-17(4-22(8-21)33(39,40)41)26-7-16(19(12-48)13-49)1-2-25(26)31-52-29-10-27(28(11-30(29)53-31)20(14-50)15-51)18-5-23(34(42,43)44)9-24(6-18)35(45,46)47/h1-11,16,19H/b31-25-. The van der Waals surface area contributed by atoms with E-state index in [0.29, 0.717) is 35.6 Å². The number of aromatic nitrogens is 1. The van der Waals surface area contributed by atoms with E-state index in [9.17, 15) is 73.7 Å². The van der Waals surface area contributed by atoms with E-state index in [1.165, 1.54) is 24.3 Å². The molecule has 1 aromatic heterocycles. The van der Waals surface area contributed by atoms with E-state index in [1.807, 2.05) is 0 Å². The molecule has 4 aromatic rings. The van der Waals surface area contributed by atoms with Crippen LogP contribution in [-0.4, -0.2) is 4.98 Å². The molecule has 18 heteroatoms. The third-order valence-electron chi connectivity index (χ3n) is 7.85. The lowest BCUT2D eigenvalue weighted by atomic mass is 9.83. The van der Waals surface area contributed by atoms with Crippen LogP contribution in [0, 0.1) is 57.2 Å². The molecule has 0 radical (unpaired) electrons. The first kappa shape index (κ1) is 38.1. The van der Waals surface area contributed by atoms with Crippen molar-refractivity contribution >= 4 is 38.3 Å². The number of rotatable bonds is 3. The van der Waals surface area contributed by atoms with Crippen molar-refractivity contribution in [1.82, 2.24) is 4.98 Å². The van der Waals surface area contributed by atoms with Crippen molar-refractivity contribution < 1.29 is 52.7 Å². The Hall–Kier alpha value is -6.11. The monoisotopic (exact) mass is 763 g/mol. The zero-order valence-electron chi connectivity index (χ0n) is 25.7. The van der Waals surface area contributed by atoms with Gasteiger partial charge in [-0.2, -0.15) is 73.7 Å². The molecule has 0 saturated heterocycles. The van der Waals surface area contributed by atoms with Gasteiger partial charge in [0.1, 0.15) is 28.3 Å². The van der Waals surface area contributed by atoms with Crippen LogP contribution in [0.5, 0.6) is 0 Å². The number of fused-ring (bicyclic) bond motifs is 1. The van der Waals surface area contributed by atoms with Crippen LogP contribution in [-0.2, 0) is 24.7 Å². The summed E-state index contributed by atoms with van der Waals surface area (Å²) in [5, 5.41) is 37.7. The molecule has 3 aromatic carbocycles. The average Bonchev–Trinajstić information content (AvgIpc) is 3.50. The number of hydrogen-bond donors (Lipinski definition) is 0. The first-order valence-corrected chi connectivity index (χ1v) is 15.2. The van der Waals surface area contributed by atoms with Gasteiger partial charge in [-0.25, -0.2) is 4.98 Å². The Morgan fingerprint density at radius 1 is 0.642 bits per heavy atom. The number of halogens is 12. The Labute approximate surface area is 293 Å². The van der Waals surface area contributed by atoms with Gasteiger partial charge >= 0.3 is 24.7 Å². The van der Waals surface area contributed by atoms with Crippen molar-refractivity contribution in [3.8, 4) is 35.4 Å². The quantitative estimate of drug-likeness (QED) is 0.193. The summed E-state index contributed by atoms with van der Waals surface area (Å²) in [6.45, 7) is 0. The van der Waals surface area contributed by atoms with Crippen molar-refractivity contribution in [2.45, 2.75) is 24.7 Å². The lowest BCUT2D eigenvalue weighted by molar-refractivity contribution is -0.144. The summed E-state index contributed by atoms with van der Waals surface area (Å²) in [4.78, 5) is 4.34. The number of allylic oxidation sites excluding steroid dienone is 4. The van der Waals surface area contributed by atoms with E-state index in [2.05, 4.69) is 4.98 Å². The first-order chi connectivity index (χ1) is 24.6. The molecule has 5 rings (SSSR count). The summed E-state index contributed by atoms with van der Waals surface area (Å²) in [5.41, 5.74) is -9.91. The minimum atomic E-state index is -5.26. The van der Waals surface area contributed by atoms with E-state index < -0.39 is 86.3 Å². The number of nitriles is 4. The van der Waals surface area contributed by atoms with Gasteiger partial charge in [-0.05, 0) is 70.8 Å². The molecule has 0 aliphatic heterocycles. The Morgan fingerprint density at radius 3 is 1.55 bits per heavy atom. The Kier molecular flexibility index (Phi) is 9.68.